The first kappa shape index (κ1) is 14.8. The summed E-state index contributed by atoms with van der Waals surface area (Å²) in [6.07, 6.45) is 5.66. The van der Waals surface area contributed by atoms with Gasteiger partial charge < -0.3 is 20.7 Å². The third-order valence-corrected chi connectivity index (χ3v) is 7.81. The van der Waals surface area contributed by atoms with Crippen LogP contribution in [0.4, 0.5) is 0 Å². The van der Waals surface area contributed by atoms with Gasteiger partial charge in [0.1, 0.15) is 6.10 Å². The first-order chi connectivity index (χ1) is 12.0. The molecule has 5 nitrogen and oxygen atoms in total. The number of nitrogens with zero attached hydrogens (tertiary/aromatic N) is 1. The SMILES string of the molecule is N[C@@H]1CC[C@@]2(O)[C@H]3Cc4ccc(O)c5c4C2(CCN3CC2CC2)[C@H]1O5. The van der Waals surface area contributed by atoms with Crippen molar-refractivity contribution >= 4 is 0 Å². The molecule has 0 aromatic heterocycles. The van der Waals surface area contributed by atoms with E-state index in [9.17, 15) is 10.2 Å². The van der Waals surface area contributed by atoms with E-state index in [4.69, 9.17) is 10.5 Å². The van der Waals surface area contributed by atoms with Gasteiger partial charge in [0, 0.05) is 24.2 Å². The molecule has 5 heteroatoms. The molecule has 3 aliphatic carbocycles. The van der Waals surface area contributed by atoms with Gasteiger partial charge in [-0.25, -0.2) is 0 Å². The molecule has 5 aliphatic rings. The van der Waals surface area contributed by atoms with Crippen LogP contribution < -0.4 is 10.5 Å². The van der Waals surface area contributed by atoms with E-state index in [2.05, 4.69) is 4.90 Å². The molecule has 2 saturated carbocycles. The van der Waals surface area contributed by atoms with E-state index in [1.807, 2.05) is 6.07 Å². The summed E-state index contributed by atoms with van der Waals surface area (Å²) in [6, 6.07) is 3.84. The number of hydrogen-bond acceptors (Lipinski definition) is 5. The molecule has 134 valence electrons. The Kier molecular flexibility index (Phi) is 2.67. The van der Waals surface area contributed by atoms with E-state index in [1.165, 1.54) is 18.4 Å². The largest absolute Gasteiger partial charge is 0.504 e. The predicted octanol–water partition coefficient (Wildman–Crippen LogP) is 1.28. The maximum atomic E-state index is 12.1. The van der Waals surface area contributed by atoms with Crippen molar-refractivity contribution in [2.45, 2.75) is 67.7 Å². The Hall–Kier alpha value is -1.30. The molecule has 4 N–H and O–H groups in total. The lowest BCUT2D eigenvalue weighted by Crippen LogP contribution is -2.77. The minimum absolute atomic E-state index is 0.0892. The van der Waals surface area contributed by atoms with E-state index in [0.29, 0.717) is 5.75 Å². The van der Waals surface area contributed by atoms with Crippen LogP contribution in [-0.4, -0.2) is 52.0 Å². The van der Waals surface area contributed by atoms with Crippen LogP contribution in [0.1, 0.15) is 43.2 Å². The average molecular weight is 342 g/mol. The van der Waals surface area contributed by atoms with Crippen molar-refractivity contribution < 1.29 is 14.9 Å². The number of hydrogen-bond donors (Lipinski definition) is 3. The van der Waals surface area contributed by atoms with Crippen molar-refractivity contribution in [3.8, 4) is 11.5 Å². The summed E-state index contributed by atoms with van der Waals surface area (Å²) in [5, 5.41) is 22.5. The van der Waals surface area contributed by atoms with Crippen molar-refractivity contribution in [2.75, 3.05) is 13.1 Å². The Morgan fingerprint density at radius 2 is 2.08 bits per heavy atom. The van der Waals surface area contributed by atoms with Crippen LogP contribution in [0.25, 0.3) is 0 Å². The van der Waals surface area contributed by atoms with Crippen LogP contribution >= 0.6 is 0 Å². The van der Waals surface area contributed by atoms with Crippen molar-refractivity contribution in [3.63, 3.8) is 0 Å². The van der Waals surface area contributed by atoms with E-state index in [-0.39, 0.29) is 23.9 Å². The maximum absolute atomic E-state index is 12.1. The van der Waals surface area contributed by atoms with Gasteiger partial charge in [-0.3, -0.25) is 4.90 Å². The Bertz CT molecular complexity index is 764. The molecule has 1 unspecified atom stereocenters. The van der Waals surface area contributed by atoms with Gasteiger partial charge in [-0.2, -0.15) is 0 Å². The summed E-state index contributed by atoms with van der Waals surface area (Å²) in [6.45, 7) is 2.10. The van der Waals surface area contributed by atoms with Gasteiger partial charge in [-0.15, -0.1) is 0 Å². The minimum Gasteiger partial charge on any atom is -0.504 e. The van der Waals surface area contributed by atoms with Crippen molar-refractivity contribution in [1.82, 2.24) is 4.90 Å². The first-order valence-corrected chi connectivity index (χ1v) is 9.78. The Morgan fingerprint density at radius 1 is 1.24 bits per heavy atom. The van der Waals surface area contributed by atoms with Crippen LogP contribution in [0.5, 0.6) is 11.5 Å². The fourth-order valence-corrected chi connectivity index (χ4v) is 6.52. The number of rotatable bonds is 2. The van der Waals surface area contributed by atoms with Gasteiger partial charge in [0.2, 0.25) is 0 Å². The zero-order valence-electron chi connectivity index (χ0n) is 14.4. The second-order valence-corrected chi connectivity index (χ2v) is 8.99. The van der Waals surface area contributed by atoms with Crippen LogP contribution in [0.2, 0.25) is 0 Å². The molecule has 0 radical (unpaired) electrons. The Morgan fingerprint density at radius 3 is 2.88 bits per heavy atom. The van der Waals surface area contributed by atoms with Crippen molar-refractivity contribution in [2.24, 2.45) is 11.7 Å². The number of ether oxygens (including phenoxy) is 1. The second-order valence-electron chi connectivity index (χ2n) is 8.99. The molecule has 3 fully saturated rings. The van der Waals surface area contributed by atoms with Crippen molar-refractivity contribution in [1.29, 1.82) is 0 Å². The van der Waals surface area contributed by atoms with Crippen LogP contribution in [0.3, 0.4) is 0 Å². The number of piperidine rings is 1. The molecule has 5 atom stereocenters. The normalized spacial score (nSPS) is 44.3. The Balaban J connectivity index is 1.57. The fourth-order valence-electron chi connectivity index (χ4n) is 6.52. The lowest BCUT2D eigenvalue weighted by molar-refractivity contribution is -0.189. The zero-order chi connectivity index (χ0) is 17.0. The number of aliphatic hydroxyl groups is 1. The summed E-state index contributed by atoms with van der Waals surface area (Å²) < 4.78 is 6.26. The summed E-state index contributed by atoms with van der Waals surface area (Å²) in [5.74, 6) is 1.60. The molecule has 1 saturated heterocycles. The third kappa shape index (κ3) is 1.61. The van der Waals surface area contributed by atoms with E-state index >= 15 is 0 Å². The number of nitrogens with two attached hydrogens (primary N) is 1. The van der Waals surface area contributed by atoms with Gasteiger partial charge in [-0.05, 0) is 62.6 Å². The smallest absolute Gasteiger partial charge is 0.165 e. The number of likely N-dealkylation sites (tertiary alicyclic amines) is 1. The summed E-state index contributed by atoms with van der Waals surface area (Å²) in [7, 11) is 0. The van der Waals surface area contributed by atoms with Crippen LogP contribution in [0.15, 0.2) is 12.1 Å². The zero-order valence-corrected chi connectivity index (χ0v) is 14.4. The van der Waals surface area contributed by atoms with Gasteiger partial charge in [-0.1, -0.05) is 6.07 Å². The van der Waals surface area contributed by atoms with Gasteiger partial charge in [0.25, 0.3) is 0 Å². The standard InChI is InChI=1S/C20H26N2O3/c21-13-5-6-20(24)15-9-12-3-4-14(23)17-16(12)19(20,18(13)25-17)7-8-22(15)10-11-1-2-11/h3-4,11,13,15,18,23-24H,1-2,5-10,21H2/t13-,15-,18+,19?,20-/m1/s1. The van der Waals surface area contributed by atoms with Gasteiger partial charge >= 0.3 is 0 Å². The molecule has 1 aromatic carbocycles. The average Bonchev–Trinajstić information content (AvgIpc) is 3.32. The molecular weight excluding hydrogens is 316 g/mol. The highest BCUT2D eigenvalue weighted by Gasteiger charge is 2.72. The van der Waals surface area contributed by atoms with Gasteiger partial charge in [0.05, 0.1) is 11.0 Å². The molecule has 6 rings (SSSR count). The van der Waals surface area contributed by atoms with Crippen molar-refractivity contribution in [3.05, 3.63) is 23.3 Å². The molecule has 2 aliphatic heterocycles. The van der Waals surface area contributed by atoms with Crippen LogP contribution in [-0.2, 0) is 11.8 Å². The third-order valence-electron chi connectivity index (χ3n) is 7.81. The fraction of sp³-hybridized carbons (Fsp3) is 0.700. The molecule has 0 amide bonds. The lowest BCUT2D eigenvalue weighted by atomic mass is 9.48. The summed E-state index contributed by atoms with van der Waals surface area (Å²) in [4.78, 5) is 2.55. The number of phenolic OH excluding ortho intramolecular Hbond substituents is 1. The van der Waals surface area contributed by atoms with E-state index in [0.717, 1.165) is 50.3 Å². The first-order valence-electron chi connectivity index (χ1n) is 9.78. The second kappa shape index (κ2) is 4.51. The van der Waals surface area contributed by atoms with E-state index in [1.54, 1.807) is 6.07 Å². The van der Waals surface area contributed by atoms with Crippen LogP contribution in [0, 0.1) is 5.92 Å². The molecule has 1 aromatic rings. The number of aromatic hydroxyl groups is 1. The highest BCUT2D eigenvalue weighted by Crippen LogP contribution is 2.65. The number of benzene rings is 1. The molecule has 2 bridgehead atoms. The lowest BCUT2D eigenvalue weighted by Gasteiger charge is -2.64. The molecule has 2 heterocycles. The topological polar surface area (TPSA) is 79.0 Å². The summed E-state index contributed by atoms with van der Waals surface area (Å²) >= 11 is 0. The maximum Gasteiger partial charge on any atom is 0.165 e. The monoisotopic (exact) mass is 342 g/mol. The molecular formula is C20H26N2O3. The quantitative estimate of drug-likeness (QED) is 0.755. The number of phenols is 1. The molecule has 25 heavy (non-hydrogen) atoms. The van der Waals surface area contributed by atoms with E-state index < -0.39 is 11.0 Å². The summed E-state index contributed by atoms with van der Waals surface area (Å²) in [5.41, 5.74) is 7.53. The predicted molar refractivity (Wildman–Crippen MR) is 92.8 cm³/mol. The molecule has 1 spiro atoms. The highest BCUT2D eigenvalue weighted by molar-refractivity contribution is 5.62. The minimum atomic E-state index is -0.799. The Labute approximate surface area is 147 Å². The van der Waals surface area contributed by atoms with Gasteiger partial charge in [0.15, 0.2) is 11.5 Å². The highest BCUT2D eigenvalue weighted by atomic mass is 16.5.